The standard InChI is InChI=1S/C35H38ClF3N10O5/c1-34(2,3)54-33(53)49-12-8-20(9-13-49)31(51)47-14-16-48(17-15-47)32(52)22-7-6-21(18-23(22)36)43-30(50)29-42-19-24(46(29)4)25-26(28-40-10-5-11-41-28)44-45-27(25)35(37,38)39/h5-7,10-11,18-20H,8-9,12-17H2,1-4H3,(H,43,50)(H,44,45). The molecule has 54 heavy (non-hydrogen) atoms. The van der Waals surface area contributed by atoms with Gasteiger partial charge in [-0.1, -0.05) is 11.6 Å². The lowest BCUT2D eigenvalue weighted by Crippen LogP contribution is -2.53. The minimum absolute atomic E-state index is 0.0000992. The van der Waals surface area contributed by atoms with E-state index in [1.807, 2.05) is 5.10 Å². The molecule has 6 rings (SSSR count). The minimum atomic E-state index is -4.81. The topological polar surface area (TPSA) is 172 Å². The van der Waals surface area contributed by atoms with E-state index in [0.29, 0.717) is 52.1 Å². The average Bonchev–Trinajstić information content (AvgIpc) is 3.75. The SMILES string of the molecule is Cn1c(-c2c(-c3ncccn3)n[nH]c2C(F)(F)F)cnc1C(=O)Nc1ccc(C(=O)N2CCN(C(=O)C3CCN(C(=O)OC(C)(C)C)CC3)CC2)c(Cl)c1. The molecule has 2 N–H and O–H groups in total. The quantitative estimate of drug-likeness (QED) is 0.270. The molecular formula is C35H38ClF3N10O5. The van der Waals surface area contributed by atoms with Crippen LogP contribution in [-0.2, 0) is 22.8 Å². The zero-order valence-corrected chi connectivity index (χ0v) is 30.7. The summed E-state index contributed by atoms with van der Waals surface area (Å²) in [7, 11) is 1.39. The van der Waals surface area contributed by atoms with Crippen LogP contribution in [-0.4, -0.2) is 113 Å². The molecule has 0 unspecified atom stereocenters. The zero-order chi connectivity index (χ0) is 38.9. The van der Waals surface area contributed by atoms with Crippen LogP contribution in [0.4, 0.5) is 23.7 Å². The van der Waals surface area contributed by atoms with Crippen LogP contribution in [0, 0.1) is 5.92 Å². The molecule has 286 valence electrons. The van der Waals surface area contributed by atoms with Gasteiger partial charge in [0.15, 0.2) is 11.6 Å². The van der Waals surface area contributed by atoms with E-state index in [-0.39, 0.29) is 68.7 Å². The van der Waals surface area contributed by atoms with Gasteiger partial charge in [0.05, 0.1) is 28.0 Å². The molecule has 2 aliphatic rings. The van der Waals surface area contributed by atoms with Crippen molar-refractivity contribution in [2.45, 2.75) is 45.4 Å². The van der Waals surface area contributed by atoms with E-state index in [4.69, 9.17) is 16.3 Å². The third kappa shape index (κ3) is 8.17. The van der Waals surface area contributed by atoms with Crippen molar-refractivity contribution >= 4 is 41.1 Å². The molecular weight excluding hydrogens is 733 g/mol. The lowest BCUT2D eigenvalue weighted by atomic mass is 9.95. The number of aromatic amines is 1. The molecule has 1 aromatic carbocycles. The molecule has 4 amide bonds. The van der Waals surface area contributed by atoms with Crippen molar-refractivity contribution in [3.63, 3.8) is 0 Å². The maximum atomic E-state index is 14.0. The largest absolute Gasteiger partial charge is 0.444 e. The van der Waals surface area contributed by atoms with Crippen molar-refractivity contribution in [2.75, 3.05) is 44.6 Å². The number of imidazole rings is 1. The van der Waals surface area contributed by atoms with Gasteiger partial charge in [-0.25, -0.2) is 19.7 Å². The Balaban J connectivity index is 1.06. The number of ether oxygens (including phenoxy) is 1. The Labute approximate surface area is 312 Å². The third-order valence-electron chi connectivity index (χ3n) is 9.11. The number of benzene rings is 1. The number of nitrogens with zero attached hydrogens (tertiary/aromatic N) is 8. The summed E-state index contributed by atoms with van der Waals surface area (Å²) in [6, 6.07) is 5.85. The van der Waals surface area contributed by atoms with Crippen molar-refractivity contribution in [3.8, 4) is 22.8 Å². The number of piperazine rings is 1. The van der Waals surface area contributed by atoms with Crippen molar-refractivity contribution in [3.05, 3.63) is 65.0 Å². The highest BCUT2D eigenvalue weighted by Crippen LogP contribution is 2.40. The summed E-state index contributed by atoms with van der Waals surface area (Å²) < 4.78 is 48.6. The molecule has 3 aromatic heterocycles. The van der Waals surface area contributed by atoms with E-state index in [0.717, 1.165) is 6.20 Å². The van der Waals surface area contributed by atoms with E-state index in [9.17, 15) is 32.3 Å². The highest BCUT2D eigenvalue weighted by Gasteiger charge is 2.40. The van der Waals surface area contributed by atoms with Crippen molar-refractivity contribution < 1.29 is 37.1 Å². The van der Waals surface area contributed by atoms with Gasteiger partial charge in [0, 0.05) is 70.3 Å². The second-order valence-electron chi connectivity index (χ2n) is 13.9. The molecule has 4 aromatic rings. The molecule has 0 atom stereocenters. The molecule has 0 radical (unpaired) electrons. The summed E-state index contributed by atoms with van der Waals surface area (Å²) in [6.07, 6.45) is -0.275. The van der Waals surface area contributed by atoms with E-state index in [1.165, 1.54) is 48.3 Å². The van der Waals surface area contributed by atoms with E-state index >= 15 is 0 Å². The Bertz CT molecular complexity index is 2050. The normalized spacial score (nSPS) is 15.7. The number of piperidine rings is 1. The van der Waals surface area contributed by atoms with Crippen LogP contribution in [0.1, 0.15) is 60.3 Å². The zero-order valence-electron chi connectivity index (χ0n) is 29.9. The molecule has 19 heteroatoms. The smallest absolute Gasteiger partial charge is 0.433 e. The molecule has 2 saturated heterocycles. The second-order valence-corrected chi connectivity index (χ2v) is 14.3. The van der Waals surface area contributed by atoms with Crippen LogP contribution in [0.2, 0.25) is 5.02 Å². The number of H-pyrrole nitrogens is 1. The Kier molecular flexibility index (Phi) is 10.7. The van der Waals surface area contributed by atoms with Gasteiger partial charge in [-0.05, 0) is 57.9 Å². The fourth-order valence-electron chi connectivity index (χ4n) is 6.38. The predicted molar refractivity (Wildman–Crippen MR) is 189 cm³/mol. The number of hydrogen-bond donors (Lipinski definition) is 2. The van der Waals surface area contributed by atoms with Crippen LogP contribution >= 0.6 is 11.6 Å². The van der Waals surface area contributed by atoms with Gasteiger partial charge in [-0.2, -0.15) is 18.3 Å². The molecule has 15 nitrogen and oxygen atoms in total. The number of nitrogens with one attached hydrogen (secondary N) is 2. The first-order valence-corrected chi connectivity index (χ1v) is 17.5. The summed E-state index contributed by atoms with van der Waals surface area (Å²) in [5.74, 6) is -1.57. The lowest BCUT2D eigenvalue weighted by Gasteiger charge is -2.38. The molecule has 0 aliphatic carbocycles. The third-order valence-corrected chi connectivity index (χ3v) is 9.42. The van der Waals surface area contributed by atoms with Crippen molar-refractivity contribution in [1.82, 2.24) is 44.4 Å². The van der Waals surface area contributed by atoms with E-state index < -0.39 is 23.4 Å². The minimum Gasteiger partial charge on any atom is -0.444 e. The maximum Gasteiger partial charge on any atom is 0.433 e. The molecule has 0 saturated carbocycles. The number of alkyl halides is 3. The number of anilines is 1. The first-order valence-electron chi connectivity index (χ1n) is 17.1. The number of hydrogen-bond acceptors (Lipinski definition) is 9. The van der Waals surface area contributed by atoms with Crippen LogP contribution in [0.3, 0.4) is 0 Å². The Morgan fingerprint density at radius 2 is 1.57 bits per heavy atom. The molecule has 0 bridgehead atoms. The fourth-order valence-corrected chi connectivity index (χ4v) is 6.64. The molecule has 2 fully saturated rings. The van der Waals surface area contributed by atoms with Crippen LogP contribution in [0.25, 0.3) is 22.8 Å². The van der Waals surface area contributed by atoms with Gasteiger partial charge in [0.2, 0.25) is 5.91 Å². The van der Waals surface area contributed by atoms with Gasteiger partial charge < -0.3 is 29.3 Å². The summed E-state index contributed by atoms with van der Waals surface area (Å²) in [4.78, 5) is 69.5. The van der Waals surface area contributed by atoms with Crippen LogP contribution in [0.5, 0.6) is 0 Å². The number of amides is 4. The predicted octanol–water partition coefficient (Wildman–Crippen LogP) is 5.12. The molecule has 2 aliphatic heterocycles. The van der Waals surface area contributed by atoms with Crippen LogP contribution in [0.15, 0.2) is 42.9 Å². The monoisotopic (exact) mass is 770 g/mol. The summed E-state index contributed by atoms with van der Waals surface area (Å²) in [5.41, 5.74) is -1.95. The Morgan fingerprint density at radius 1 is 0.926 bits per heavy atom. The summed E-state index contributed by atoms with van der Waals surface area (Å²) in [6.45, 7) is 7.56. The number of likely N-dealkylation sites (tertiary alicyclic amines) is 1. The second kappa shape index (κ2) is 15.1. The first kappa shape index (κ1) is 38.2. The molecule has 5 heterocycles. The number of carbonyl (C=O) groups is 4. The highest BCUT2D eigenvalue weighted by atomic mass is 35.5. The van der Waals surface area contributed by atoms with Gasteiger partial charge in [0.1, 0.15) is 17.0 Å². The number of carbonyl (C=O) groups excluding carboxylic acids is 4. The van der Waals surface area contributed by atoms with E-state index in [2.05, 4.69) is 25.4 Å². The number of rotatable bonds is 6. The van der Waals surface area contributed by atoms with Crippen LogP contribution < -0.4 is 5.32 Å². The average molecular weight is 771 g/mol. The van der Waals surface area contributed by atoms with Gasteiger partial charge in [-0.3, -0.25) is 19.5 Å². The lowest BCUT2D eigenvalue weighted by molar-refractivity contribution is -0.140. The summed E-state index contributed by atoms with van der Waals surface area (Å²) >= 11 is 6.51. The molecule has 0 spiro atoms. The van der Waals surface area contributed by atoms with Crippen molar-refractivity contribution in [2.24, 2.45) is 13.0 Å². The summed E-state index contributed by atoms with van der Waals surface area (Å²) in [5, 5.41) is 8.52. The highest BCUT2D eigenvalue weighted by molar-refractivity contribution is 6.34. The number of halogens is 4. The Morgan fingerprint density at radius 3 is 2.19 bits per heavy atom. The Hall–Kier alpha value is -5.52. The van der Waals surface area contributed by atoms with E-state index in [1.54, 1.807) is 35.5 Å². The fraction of sp³-hybridized carbons (Fsp3) is 0.429. The number of aromatic nitrogens is 6. The maximum absolute atomic E-state index is 14.0. The van der Waals surface area contributed by atoms with Gasteiger partial charge in [0.25, 0.3) is 11.8 Å². The van der Waals surface area contributed by atoms with Gasteiger partial charge >= 0.3 is 12.3 Å². The van der Waals surface area contributed by atoms with Crippen molar-refractivity contribution in [1.29, 1.82) is 0 Å². The first-order chi connectivity index (χ1) is 25.5. The van der Waals surface area contributed by atoms with Gasteiger partial charge in [-0.15, -0.1) is 0 Å².